The summed E-state index contributed by atoms with van der Waals surface area (Å²) in [5.74, 6) is 0.951. The van der Waals surface area contributed by atoms with E-state index in [2.05, 4.69) is 24.0 Å². The van der Waals surface area contributed by atoms with E-state index >= 15 is 0 Å². The van der Waals surface area contributed by atoms with E-state index in [1.807, 2.05) is 12.1 Å². The lowest BCUT2D eigenvalue weighted by Crippen LogP contribution is -1.96. The molecule has 0 bridgehead atoms. The monoisotopic (exact) mass is 256 g/mol. The third kappa shape index (κ3) is 2.46. The molecule has 19 heavy (non-hydrogen) atoms. The van der Waals surface area contributed by atoms with Gasteiger partial charge >= 0.3 is 0 Å². The summed E-state index contributed by atoms with van der Waals surface area (Å²) in [5, 5.41) is 0. The Morgan fingerprint density at radius 3 is 2.47 bits per heavy atom. The van der Waals surface area contributed by atoms with E-state index in [0.29, 0.717) is 5.92 Å². The van der Waals surface area contributed by atoms with Crippen molar-refractivity contribution in [3.8, 4) is 11.1 Å². The third-order valence-electron chi connectivity index (χ3n) is 3.97. The van der Waals surface area contributed by atoms with Crippen LogP contribution in [0.2, 0.25) is 0 Å². The van der Waals surface area contributed by atoms with Gasteiger partial charge in [-0.1, -0.05) is 31.2 Å². The van der Waals surface area contributed by atoms with Crippen molar-refractivity contribution in [1.29, 1.82) is 0 Å². The van der Waals surface area contributed by atoms with E-state index in [1.54, 1.807) is 6.20 Å². The minimum absolute atomic E-state index is 0.0530. The van der Waals surface area contributed by atoms with Crippen LogP contribution < -0.4 is 5.73 Å². The van der Waals surface area contributed by atoms with Crippen molar-refractivity contribution in [3.63, 3.8) is 0 Å². The lowest BCUT2D eigenvalue weighted by atomic mass is 9.94. The molecule has 1 aliphatic rings. The molecular weight excluding hydrogens is 239 g/mol. The van der Waals surface area contributed by atoms with Gasteiger partial charge in [0.05, 0.1) is 0 Å². The largest absolute Gasteiger partial charge is 0.381 e. The van der Waals surface area contributed by atoms with Gasteiger partial charge in [0.15, 0.2) is 11.6 Å². The van der Waals surface area contributed by atoms with Crippen LogP contribution in [0.5, 0.6) is 0 Å². The van der Waals surface area contributed by atoms with E-state index < -0.39 is 5.82 Å². The Morgan fingerprint density at radius 2 is 1.89 bits per heavy atom. The van der Waals surface area contributed by atoms with Crippen LogP contribution in [0.15, 0.2) is 36.5 Å². The maximum absolute atomic E-state index is 13.4. The summed E-state index contributed by atoms with van der Waals surface area (Å²) in [6, 6.07) is 9.75. The number of nitrogens with two attached hydrogens (primary N) is 1. The van der Waals surface area contributed by atoms with Gasteiger partial charge in [-0.05, 0) is 41.9 Å². The summed E-state index contributed by atoms with van der Waals surface area (Å²) in [6.07, 6.45) is 4.30. The number of benzene rings is 1. The predicted molar refractivity (Wildman–Crippen MR) is 75.2 cm³/mol. The highest BCUT2D eigenvalue weighted by molar-refractivity contribution is 5.64. The molecule has 1 aromatic carbocycles. The van der Waals surface area contributed by atoms with Gasteiger partial charge in [-0.2, -0.15) is 0 Å². The standard InChI is InChI=1S/C16H17FN2/c1-10(11-2-3-11)12-4-6-13(7-5-12)14-8-15(17)16(18)19-9-14/h4-11H,2-3H2,1H3,(H2,18,19). The summed E-state index contributed by atoms with van der Waals surface area (Å²) in [6.45, 7) is 2.27. The fraction of sp³-hybridized carbons (Fsp3) is 0.312. The van der Waals surface area contributed by atoms with E-state index in [-0.39, 0.29) is 5.82 Å². The third-order valence-corrected chi connectivity index (χ3v) is 3.97. The van der Waals surface area contributed by atoms with Gasteiger partial charge in [-0.25, -0.2) is 9.37 Å². The molecule has 0 saturated heterocycles. The second-order valence-electron chi connectivity index (χ2n) is 5.34. The Bertz CT molecular complexity index is 588. The van der Waals surface area contributed by atoms with Crippen LogP contribution in [0.4, 0.5) is 10.2 Å². The number of anilines is 1. The summed E-state index contributed by atoms with van der Waals surface area (Å²) < 4.78 is 13.4. The average molecular weight is 256 g/mol. The summed E-state index contributed by atoms with van der Waals surface area (Å²) in [4.78, 5) is 3.85. The smallest absolute Gasteiger partial charge is 0.165 e. The molecule has 2 N–H and O–H groups in total. The fourth-order valence-corrected chi connectivity index (χ4v) is 2.45. The van der Waals surface area contributed by atoms with Gasteiger partial charge < -0.3 is 5.73 Å². The Morgan fingerprint density at radius 1 is 1.21 bits per heavy atom. The Labute approximate surface area is 112 Å². The lowest BCUT2D eigenvalue weighted by Gasteiger charge is -2.11. The first-order valence-corrected chi connectivity index (χ1v) is 6.66. The van der Waals surface area contributed by atoms with Crippen molar-refractivity contribution < 1.29 is 4.39 Å². The van der Waals surface area contributed by atoms with Crippen LogP contribution in [0, 0.1) is 11.7 Å². The van der Waals surface area contributed by atoms with Crippen LogP contribution in [-0.4, -0.2) is 4.98 Å². The van der Waals surface area contributed by atoms with Gasteiger partial charge in [0, 0.05) is 11.8 Å². The fourth-order valence-electron chi connectivity index (χ4n) is 2.45. The molecule has 0 amide bonds. The van der Waals surface area contributed by atoms with Crippen molar-refractivity contribution in [2.45, 2.75) is 25.7 Å². The first-order chi connectivity index (χ1) is 9.15. The van der Waals surface area contributed by atoms with Crippen molar-refractivity contribution in [2.24, 2.45) is 5.92 Å². The zero-order valence-corrected chi connectivity index (χ0v) is 10.9. The number of rotatable bonds is 3. The minimum Gasteiger partial charge on any atom is -0.381 e. The van der Waals surface area contributed by atoms with Crippen LogP contribution in [0.1, 0.15) is 31.2 Å². The van der Waals surface area contributed by atoms with Gasteiger partial charge in [0.1, 0.15) is 0 Å². The SMILES string of the molecule is CC(c1ccc(-c2cnc(N)c(F)c2)cc1)C1CC1. The molecule has 98 valence electrons. The summed E-state index contributed by atoms with van der Waals surface area (Å²) in [5.41, 5.74) is 8.47. The lowest BCUT2D eigenvalue weighted by molar-refractivity contribution is 0.628. The normalized spacial score (nSPS) is 16.3. The molecule has 1 aliphatic carbocycles. The zero-order valence-electron chi connectivity index (χ0n) is 10.9. The number of hydrogen-bond acceptors (Lipinski definition) is 2. The number of nitrogens with zero attached hydrogens (tertiary/aromatic N) is 1. The van der Waals surface area contributed by atoms with Crippen molar-refractivity contribution in [2.75, 3.05) is 5.73 Å². The Hall–Kier alpha value is -1.90. The molecule has 2 aromatic rings. The summed E-state index contributed by atoms with van der Waals surface area (Å²) in [7, 11) is 0. The topological polar surface area (TPSA) is 38.9 Å². The van der Waals surface area contributed by atoms with Crippen molar-refractivity contribution in [3.05, 3.63) is 47.9 Å². The van der Waals surface area contributed by atoms with Gasteiger partial charge in [-0.3, -0.25) is 0 Å². The molecule has 0 spiro atoms. The van der Waals surface area contributed by atoms with E-state index in [0.717, 1.165) is 17.0 Å². The quantitative estimate of drug-likeness (QED) is 0.902. The molecule has 3 heteroatoms. The second kappa shape index (κ2) is 4.65. The number of pyridine rings is 1. The first-order valence-electron chi connectivity index (χ1n) is 6.66. The van der Waals surface area contributed by atoms with Crippen LogP contribution in [0.25, 0.3) is 11.1 Å². The van der Waals surface area contributed by atoms with Gasteiger partial charge in [0.2, 0.25) is 0 Å². The highest BCUT2D eigenvalue weighted by Gasteiger charge is 2.28. The average Bonchev–Trinajstić information content (AvgIpc) is 3.26. The van der Waals surface area contributed by atoms with Gasteiger partial charge in [0.25, 0.3) is 0 Å². The molecule has 0 radical (unpaired) electrons. The highest BCUT2D eigenvalue weighted by Crippen LogP contribution is 2.42. The molecule has 1 heterocycles. The van der Waals surface area contributed by atoms with Crippen LogP contribution >= 0.6 is 0 Å². The van der Waals surface area contributed by atoms with Crippen molar-refractivity contribution in [1.82, 2.24) is 4.98 Å². The molecule has 1 atom stereocenters. The number of hydrogen-bond donors (Lipinski definition) is 1. The van der Waals surface area contributed by atoms with Crippen LogP contribution in [0.3, 0.4) is 0 Å². The molecule has 1 aromatic heterocycles. The number of aromatic nitrogens is 1. The molecule has 2 nitrogen and oxygen atoms in total. The zero-order chi connectivity index (χ0) is 13.4. The minimum atomic E-state index is -0.465. The maximum atomic E-state index is 13.4. The number of halogens is 1. The second-order valence-corrected chi connectivity index (χ2v) is 5.34. The highest BCUT2D eigenvalue weighted by atomic mass is 19.1. The molecule has 1 unspecified atom stereocenters. The van der Waals surface area contributed by atoms with Gasteiger partial charge in [-0.15, -0.1) is 0 Å². The molecule has 1 saturated carbocycles. The molecule has 1 fully saturated rings. The van der Waals surface area contributed by atoms with Crippen LogP contribution in [-0.2, 0) is 0 Å². The maximum Gasteiger partial charge on any atom is 0.165 e. The molecule has 0 aliphatic heterocycles. The van der Waals surface area contributed by atoms with Crippen molar-refractivity contribution >= 4 is 5.82 Å². The number of nitrogen functional groups attached to an aromatic ring is 1. The molecular formula is C16H17FN2. The summed E-state index contributed by atoms with van der Waals surface area (Å²) >= 11 is 0. The van der Waals surface area contributed by atoms with E-state index in [9.17, 15) is 4.39 Å². The Balaban J connectivity index is 1.86. The first kappa shape index (κ1) is 12.2. The van der Waals surface area contributed by atoms with E-state index in [1.165, 1.54) is 24.5 Å². The van der Waals surface area contributed by atoms with E-state index in [4.69, 9.17) is 5.73 Å². The predicted octanol–water partition coefficient (Wildman–Crippen LogP) is 3.98. The Kier molecular flexibility index (Phi) is 2.97. The molecule has 3 rings (SSSR count).